The number of aromatic nitrogens is 1. The third-order valence-electron chi connectivity index (χ3n) is 1.08. The standard InChI is InChI=1S/C6H5N3O2S/c7-3-5-1-2-6(4-8-5)9-12(10)11/h1-2,4,9H,(H,10,11). The molecule has 1 unspecified atom stereocenters. The van der Waals surface area contributed by atoms with Gasteiger partial charge < -0.3 is 0 Å². The van der Waals surface area contributed by atoms with Gasteiger partial charge in [-0.25, -0.2) is 9.19 Å². The highest BCUT2D eigenvalue weighted by molar-refractivity contribution is 7.80. The Morgan fingerprint density at radius 2 is 2.42 bits per heavy atom. The van der Waals surface area contributed by atoms with Crippen LogP contribution < -0.4 is 4.72 Å². The molecule has 0 amide bonds. The van der Waals surface area contributed by atoms with Gasteiger partial charge in [-0.3, -0.25) is 9.27 Å². The minimum atomic E-state index is -2.10. The van der Waals surface area contributed by atoms with Crippen LogP contribution >= 0.6 is 0 Å². The van der Waals surface area contributed by atoms with Crippen LogP contribution in [0.5, 0.6) is 0 Å². The summed E-state index contributed by atoms with van der Waals surface area (Å²) in [7, 11) is 0. The molecule has 0 aliphatic carbocycles. The van der Waals surface area contributed by atoms with Crippen LogP contribution in [0.2, 0.25) is 0 Å². The quantitative estimate of drug-likeness (QED) is 0.654. The fraction of sp³-hybridized carbons (Fsp3) is 0. The molecule has 1 heterocycles. The van der Waals surface area contributed by atoms with Crippen LogP contribution in [-0.4, -0.2) is 13.7 Å². The third-order valence-corrected chi connectivity index (χ3v) is 1.49. The second-order valence-electron chi connectivity index (χ2n) is 1.90. The Hall–Kier alpha value is -1.45. The highest BCUT2D eigenvalue weighted by Gasteiger charge is 1.95. The molecule has 5 nitrogen and oxygen atoms in total. The van der Waals surface area contributed by atoms with Gasteiger partial charge in [0.1, 0.15) is 11.8 Å². The van der Waals surface area contributed by atoms with Gasteiger partial charge in [0.15, 0.2) is 0 Å². The van der Waals surface area contributed by atoms with Crippen LogP contribution in [0.25, 0.3) is 0 Å². The molecule has 0 bridgehead atoms. The Morgan fingerprint density at radius 1 is 1.67 bits per heavy atom. The first-order valence-electron chi connectivity index (χ1n) is 2.96. The summed E-state index contributed by atoms with van der Waals surface area (Å²) >= 11 is -2.10. The summed E-state index contributed by atoms with van der Waals surface area (Å²) in [4.78, 5) is 3.68. The lowest BCUT2D eigenvalue weighted by molar-refractivity contribution is 0.570. The first-order chi connectivity index (χ1) is 5.72. The minimum absolute atomic E-state index is 0.268. The van der Waals surface area contributed by atoms with E-state index in [2.05, 4.69) is 9.71 Å². The van der Waals surface area contributed by atoms with Gasteiger partial charge in [-0.15, -0.1) is 0 Å². The lowest BCUT2D eigenvalue weighted by Crippen LogP contribution is -2.01. The van der Waals surface area contributed by atoms with Gasteiger partial charge in [-0.2, -0.15) is 5.26 Å². The molecule has 1 rings (SSSR count). The smallest absolute Gasteiger partial charge is 0.259 e. The molecule has 0 aromatic carbocycles. The number of anilines is 1. The molecule has 0 saturated heterocycles. The highest BCUT2D eigenvalue weighted by Crippen LogP contribution is 2.05. The summed E-state index contributed by atoms with van der Waals surface area (Å²) in [6, 6.07) is 4.78. The summed E-state index contributed by atoms with van der Waals surface area (Å²) < 4.78 is 20.8. The van der Waals surface area contributed by atoms with E-state index >= 15 is 0 Å². The maximum absolute atomic E-state index is 10.2. The van der Waals surface area contributed by atoms with Gasteiger partial charge in [0.25, 0.3) is 11.3 Å². The molecule has 62 valence electrons. The van der Waals surface area contributed by atoms with Crippen molar-refractivity contribution in [3.8, 4) is 6.07 Å². The molecule has 0 fully saturated rings. The van der Waals surface area contributed by atoms with E-state index < -0.39 is 11.3 Å². The molecular weight excluding hydrogens is 178 g/mol. The third kappa shape index (κ3) is 2.30. The zero-order chi connectivity index (χ0) is 8.97. The topological polar surface area (TPSA) is 86.0 Å². The summed E-state index contributed by atoms with van der Waals surface area (Å²) in [6.45, 7) is 0. The van der Waals surface area contributed by atoms with Gasteiger partial charge in [-0.1, -0.05) is 0 Å². The Bertz CT molecular complexity index is 330. The van der Waals surface area contributed by atoms with Gasteiger partial charge in [0.2, 0.25) is 0 Å². The Balaban J connectivity index is 2.80. The normalized spacial score (nSPS) is 11.7. The molecule has 0 radical (unpaired) electrons. The monoisotopic (exact) mass is 183 g/mol. The average Bonchev–Trinajstić information content (AvgIpc) is 2.05. The fourth-order valence-electron chi connectivity index (χ4n) is 0.621. The first kappa shape index (κ1) is 8.64. The molecule has 0 saturated carbocycles. The molecule has 2 N–H and O–H groups in total. The number of nitrogens with one attached hydrogen (secondary N) is 1. The molecule has 1 atom stereocenters. The van der Waals surface area contributed by atoms with E-state index in [1.54, 1.807) is 0 Å². The number of hydrogen-bond donors (Lipinski definition) is 2. The van der Waals surface area contributed by atoms with Crippen molar-refractivity contribution in [2.75, 3.05) is 4.72 Å². The van der Waals surface area contributed by atoms with E-state index in [9.17, 15) is 4.21 Å². The summed E-state index contributed by atoms with van der Waals surface area (Å²) in [6.07, 6.45) is 1.31. The largest absolute Gasteiger partial charge is 0.289 e. The number of rotatable bonds is 2. The first-order valence-corrected chi connectivity index (χ1v) is 4.06. The zero-order valence-electron chi connectivity index (χ0n) is 5.89. The fourth-order valence-corrected chi connectivity index (χ4v) is 0.944. The van der Waals surface area contributed by atoms with Crippen LogP contribution in [0.1, 0.15) is 5.69 Å². The molecular formula is C6H5N3O2S. The number of pyridine rings is 1. The van der Waals surface area contributed by atoms with Gasteiger partial charge in [0.05, 0.1) is 11.9 Å². The van der Waals surface area contributed by atoms with Crippen molar-refractivity contribution in [2.24, 2.45) is 0 Å². The maximum Gasteiger partial charge on any atom is 0.259 e. The van der Waals surface area contributed by atoms with Crippen molar-refractivity contribution < 1.29 is 8.76 Å². The van der Waals surface area contributed by atoms with Crippen molar-refractivity contribution in [3.63, 3.8) is 0 Å². The van der Waals surface area contributed by atoms with E-state index in [1.165, 1.54) is 18.3 Å². The molecule has 1 aromatic heterocycles. The Morgan fingerprint density at radius 3 is 2.83 bits per heavy atom. The van der Waals surface area contributed by atoms with Crippen molar-refractivity contribution in [1.29, 1.82) is 5.26 Å². The number of nitrogens with zero attached hydrogens (tertiary/aromatic N) is 2. The Kier molecular flexibility index (Phi) is 2.74. The lowest BCUT2D eigenvalue weighted by atomic mass is 10.3. The lowest BCUT2D eigenvalue weighted by Gasteiger charge is -1.98. The predicted octanol–water partition coefficient (Wildman–Crippen LogP) is 0.502. The second-order valence-corrected chi connectivity index (χ2v) is 2.60. The van der Waals surface area contributed by atoms with E-state index in [-0.39, 0.29) is 5.69 Å². The molecule has 12 heavy (non-hydrogen) atoms. The summed E-state index contributed by atoms with van der Waals surface area (Å²) in [5.41, 5.74) is 0.666. The average molecular weight is 183 g/mol. The van der Waals surface area contributed by atoms with Gasteiger partial charge in [-0.05, 0) is 12.1 Å². The maximum atomic E-state index is 10.2. The molecule has 6 heteroatoms. The second kappa shape index (κ2) is 3.80. The predicted molar refractivity (Wildman–Crippen MR) is 43.3 cm³/mol. The molecule has 0 aliphatic rings. The van der Waals surface area contributed by atoms with E-state index in [0.29, 0.717) is 5.69 Å². The van der Waals surface area contributed by atoms with E-state index in [0.717, 1.165) is 0 Å². The van der Waals surface area contributed by atoms with E-state index in [4.69, 9.17) is 9.81 Å². The van der Waals surface area contributed by atoms with Crippen LogP contribution in [-0.2, 0) is 11.3 Å². The number of nitriles is 1. The Labute approximate surface area is 71.5 Å². The summed E-state index contributed by atoms with van der Waals surface area (Å²) in [5, 5.41) is 8.37. The van der Waals surface area contributed by atoms with E-state index in [1.807, 2.05) is 6.07 Å². The molecule has 0 aliphatic heterocycles. The van der Waals surface area contributed by atoms with Crippen LogP contribution in [0.3, 0.4) is 0 Å². The van der Waals surface area contributed by atoms with Gasteiger partial charge in [0, 0.05) is 0 Å². The van der Waals surface area contributed by atoms with Crippen molar-refractivity contribution >= 4 is 17.0 Å². The van der Waals surface area contributed by atoms with Crippen LogP contribution in [0.15, 0.2) is 18.3 Å². The van der Waals surface area contributed by atoms with Crippen molar-refractivity contribution in [2.45, 2.75) is 0 Å². The molecule has 0 spiro atoms. The minimum Gasteiger partial charge on any atom is -0.289 e. The molecule has 1 aromatic rings. The highest BCUT2D eigenvalue weighted by atomic mass is 32.2. The van der Waals surface area contributed by atoms with Crippen LogP contribution in [0.4, 0.5) is 5.69 Å². The van der Waals surface area contributed by atoms with Crippen LogP contribution in [0, 0.1) is 11.3 Å². The zero-order valence-corrected chi connectivity index (χ0v) is 6.71. The van der Waals surface area contributed by atoms with Crippen molar-refractivity contribution in [3.05, 3.63) is 24.0 Å². The number of hydrogen-bond acceptors (Lipinski definition) is 3. The van der Waals surface area contributed by atoms with Crippen molar-refractivity contribution in [1.82, 2.24) is 4.98 Å². The SMILES string of the molecule is N#Cc1ccc(NS(=O)O)cn1. The summed E-state index contributed by atoms with van der Waals surface area (Å²) in [5.74, 6) is 0. The van der Waals surface area contributed by atoms with Gasteiger partial charge >= 0.3 is 0 Å².